The minimum atomic E-state index is 0.329. The zero-order valence-corrected chi connectivity index (χ0v) is 7.03. The van der Waals surface area contributed by atoms with Crippen LogP contribution in [0.15, 0.2) is 0 Å². The van der Waals surface area contributed by atoms with Gasteiger partial charge in [-0.25, -0.2) is 4.68 Å². The molecule has 2 heterocycles. The first-order valence-corrected chi connectivity index (χ1v) is 4.04. The standard InChI is InChI=1S/C7H12N4O/c1-5-7(8)9-10-11(5)6-2-3-12-4-6/h6H,2-4,8H2,1H3. The number of nitrogens with two attached hydrogens (primary N) is 1. The average molecular weight is 168 g/mol. The van der Waals surface area contributed by atoms with Crippen molar-refractivity contribution in [2.45, 2.75) is 19.4 Å². The summed E-state index contributed by atoms with van der Waals surface area (Å²) in [5, 5.41) is 7.75. The Morgan fingerprint density at radius 3 is 3.00 bits per heavy atom. The molecule has 1 unspecified atom stereocenters. The van der Waals surface area contributed by atoms with Crippen molar-refractivity contribution in [3.8, 4) is 0 Å². The summed E-state index contributed by atoms with van der Waals surface area (Å²) in [6.07, 6.45) is 1.00. The summed E-state index contributed by atoms with van der Waals surface area (Å²) >= 11 is 0. The summed E-state index contributed by atoms with van der Waals surface area (Å²) in [4.78, 5) is 0. The van der Waals surface area contributed by atoms with Crippen LogP contribution < -0.4 is 5.73 Å². The van der Waals surface area contributed by atoms with Crippen LogP contribution in [0, 0.1) is 6.92 Å². The number of nitrogens with zero attached hydrogens (tertiary/aromatic N) is 3. The average Bonchev–Trinajstić information content (AvgIpc) is 2.64. The Balaban J connectivity index is 2.26. The molecule has 0 saturated carbocycles. The molecule has 0 aromatic carbocycles. The van der Waals surface area contributed by atoms with Gasteiger partial charge in [0.2, 0.25) is 0 Å². The van der Waals surface area contributed by atoms with Gasteiger partial charge in [-0.15, -0.1) is 5.10 Å². The van der Waals surface area contributed by atoms with E-state index in [9.17, 15) is 0 Å². The van der Waals surface area contributed by atoms with Gasteiger partial charge in [0, 0.05) is 6.61 Å². The van der Waals surface area contributed by atoms with Crippen LogP contribution in [0.5, 0.6) is 0 Å². The van der Waals surface area contributed by atoms with Gasteiger partial charge in [0.15, 0.2) is 5.82 Å². The number of anilines is 1. The van der Waals surface area contributed by atoms with Crippen molar-refractivity contribution in [1.82, 2.24) is 15.0 Å². The fourth-order valence-electron chi connectivity index (χ4n) is 1.42. The highest BCUT2D eigenvalue weighted by molar-refractivity contribution is 5.31. The third kappa shape index (κ3) is 1.06. The van der Waals surface area contributed by atoms with Gasteiger partial charge in [0.25, 0.3) is 0 Å². The summed E-state index contributed by atoms with van der Waals surface area (Å²) in [6.45, 7) is 3.46. The van der Waals surface area contributed by atoms with E-state index in [1.165, 1.54) is 0 Å². The second-order valence-electron chi connectivity index (χ2n) is 3.02. The maximum absolute atomic E-state index is 5.57. The number of nitrogen functional groups attached to an aromatic ring is 1. The predicted octanol–water partition coefficient (Wildman–Crippen LogP) is 0.130. The Morgan fingerprint density at radius 2 is 2.50 bits per heavy atom. The van der Waals surface area contributed by atoms with Crippen molar-refractivity contribution in [2.24, 2.45) is 0 Å². The van der Waals surface area contributed by atoms with Crippen molar-refractivity contribution >= 4 is 5.82 Å². The molecule has 1 aromatic heterocycles. The first-order chi connectivity index (χ1) is 5.79. The Bertz CT molecular complexity index is 277. The van der Waals surface area contributed by atoms with Crippen LogP contribution in [0.2, 0.25) is 0 Å². The molecule has 2 rings (SSSR count). The summed E-state index contributed by atoms with van der Waals surface area (Å²) in [5.41, 5.74) is 6.51. The lowest BCUT2D eigenvalue weighted by Gasteiger charge is -2.08. The zero-order chi connectivity index (χ0) is 8.55. The van der Waals surface area contributed by atoms with Crippen molar-refractivity contribution < 1.29 is 4.74 Å². The molecule has 0 radical (unpaired) electrons. The van der Waals surface area contributed by atoms with Crippen molar-refractivity contribution in [2.75, 3.05) is 18.9 Å². The third-order valence-electron chi connectivity index (χ3n) is 2.21. The van der Waals surface area contributed by atoms with Crippen LogP contribution >= 0.6 is 0 Å². The SMILES string of the molecule is Cc1c(N)nnn1C1CCOC1. The monoisotopic (exact) mass is 168 g/mol. The highest BCUT2D eigenvalue weighted by Crippen LogP contribution is 2.20. The second kappa shape index (κ2) is 2.75. The van der Waals surface area contributed by atoms with Gasteiger partial charge in [-0.2, -0.15) is 0 Å². The number of aromatic nitrogens is 3. The van der Waals surface area contributed by atoms with Crippen molar-refractivity contribution in [3.63, 3.8) is 0 Å². The first-order valence-electron chi connectivity index (χ1n) is 4.04. The molecular weight excluding hydrogens is 156 g/mol. The van der Waals surface area contributed by atoms with E-state index in [0.717, 1.165) is 25.3 Å². The van der Waals surface area contributed by atoms with E-state index in [0.29, 0.717) is 11.9 Å². The highest BCUT2D eigenvalue weighted by atomic mass is 16.5. The van der Waals surface area contributed by atoms with Gasteiger partial charge in [0.05, 0.1) is 18.3 Å². The van der Waals surface area contributed by atoms with E-state index < -0.39 is 0 Å². The quantitative estimate of drug-likeness (QED) is 0.647. The molecular formula is C7H12N4O. The third-order valence-corrected chi connectivity index (χ3v) is 2.21. The number of hydrogen-bond acceptors (Lipinski definition) is 4. The Morgan fingerprint density at radius 1 is 1.67 bits per heavy atom. The molecule has 0 spiro atoms. The van der Waals surface area contributed by atoms with Crippen molar-refractivity contribution in [1.29, 1.82) is 0 Å². The van der Waals surface area contributed by atoms with Crippen LogP contribution in [-0.4, -0.2) is 28.2 Å². The van der Waals surface area contributed by atoms with Gasteiger partial charge in [-0.05, 0) is 13.3 Å². The van der Waals surface area contributed by atoms with E-state index in [-0.39, 0.29) is 0 Å². The molecule has 1 fully saturated rings. The first kappa shape index (κ1) is 7.54. The lowest BCUT2D eigenvalue weighted by Crippen LogP contribution is -2.12. The van der Waals surface area contributed by atoms with Gasteiger partial charge in [-0.3, -0.25) is 0 Å². The fourth-order valence-corrected chi connectivity index (χ4v) is 1.42. The molecule has 0 aliphatic carbocycles. The number of rotatable bonds is 1. The molecule has 1 aliphatic heterocycles. The topological polar surface area (TPSA) is 66.0 Å². The van der Waals surface area contributed by atoms with E-state index in [4.69, 9.17) is 10.5 Å². The lowest BCUT2D eigenvalue weighted by atomic mass is 10.2. The minimum Gasteiger partial charge on any atom is -0.381 e. The Hall–Kier alpha value is -1.10. The van der Waals surface area contributed by atoms with E-state index in [1.54, 1.807) is 0 Å². The molecule has 5 nitrogen and oxygen atoms in total. The Labute approximate surface area is 70.5 Å². The molecule has 1 aromatic rings. The molecule has 1 saturated heterocycles. The second-order valence-corrected chi connectivity index (χ2v) is 3.02. The van der Waals surface area contributed by atoms with Crippen LogP contribution in [0.4, 0.5) is 5.82 Å². The predicted molar refractivity (Wildman–Crippen MR) is 43.6 cm³/mol. The summed E-state index contributed by atoms with van der Waals surface area (Å²) in [5.74, 6) is 0.516. The fraction of sp³-hybridized carbons (Fsp3) is 0.714. The molecule has 66 valence electrons. The van der Waals surface area contributed by atoms with E-state index in [2.05, 4.69) is 10.3 Å². The van der Waals surface area contributed by atoms with E-state index >= 15 is 0 Å². The normalized spacial score (nSPS) is 23.2. The zero-order valence-electron chi connectivity index (χ0n) is 7.03. The van der Waals surface area contributed by atoms with Crippen LogP contribution in [-0.2, 0) is 4.74 Å². The molecule has 1 atom stereocenters. The molecule has 0 bridgehead atoms. The number of ether oxygens (including phenoxy) is 1. The van der Waals surface area contributed by atoms with Gasteiger partial charge < -0.3 is 10.5 Å². The van der Waals surface area contributed by atoms with Gasteiger partial charge in [0.1, 0.15) is 0 Å². The molecule has 12 heavy (non-hydrogen) atoms. The van der Waals surface area contributed by atoms with E-state index in [1.807, 2.05) is 11.6 Å². The number of hydrogen-bond donors (Lipinski definition) is 1. The minimum absolute atomic E-state index is 0.329. The molecule has 2 N–H and O–H groups in total. The van der Waals surface area contributed by atoms with Gasteiger partial charge >= 0.3 is 0 Å². The largest absolute Gasteiger partial charge is 0.381 e. The molecule has 1 aliphatic rings. The lowest BCUT2D eigenvalue weighted by molar-refractivity contribution is 0.183. The van der Waals surface area contributed by atoms with Crippen LogP contribution in [0.1, 0.15) is 18.2 Å². The smallest absolute Gasteiger partial charge is 0.168 e. The molecule has 5 heteroatoms. The van der Waals surface area contributed by atoms with Crippen molar-refractivity contribution in [3.05, 3.63) is 5.69 Å². The Kier molecular flexibility index (Phi) is 1.73. The maximum atomic E-state index is 5.57. The summed E-state index contributed by atoms with van der Waals surface area (Å²) in [7, 11) is 0. The van der Waals surface area contributed by atoms with Gasteiger partial charge in [-0.1, -0.05) is 5.21 Å². The maximum Gasteiger partial charge on any atom is 0.168 e. The summed E-state index contributed by atoms with van der Waals surface area (Å²) < 4.78 is 7.10. The van der Waals surface area contributed by atoms with Crippen LogP contribution in [0.25, 0.3) is 0 Å². The van der Waals surface area contributed by atoms with Crippen LogP contribution in [0.3, 0.4) is 0 Å². The molecule has 0 amide bonds. The highest BCUT2D eigenvalue weighted by Gasteiger charge is 2.20. The summed E-state index contributed by atoms with van der Waals surface area (Å²) in [6, 6.07) is 0.329.